The number of nitro groups is 1. The highest BCUT2D eigenvalue weighted by molar-refractivity contribution is 9.10. The zero-order chi connectivity index (χ0) is 15.4. The lowest BCUT2D eigenvalue weighted by Crippen LogP contribution is -2.02. The van der Waals surface area contributed by atoms with Gasteiger partial charge in [0.2, 0.25) is 0 Å². The molecule has 1 N–H and O–H groups in total. The maximum atomic E-state index is 11.0. The number of methoxy groups -OCH3 is 1. The minimum absolute atomic E-state index is 0.0537. The standard InChI is InChI=1S/C14H12BrClN2O3/c1-21-14-5-2-9(6-13(14)18(19)20)8-17-12-7-10(16)3-4-11(12)15/h2-7,17H,8H2,1H3. The van der Waals surface area contributed by atoms with Crippen molar-refractivity contribution in [2.24, 2.45) is 0 Å². The van der Waals surface area contributed by atoms with Gasteiger partial charge in [0.1, 0.15) is 0 Å². The summed E-state index contributed by atoms with van der Waals surface area (Å²) in [5.74, 6) is 0.243. The molecule has 0 bridgehead atoms. The molecule has 0 aliphatic rings. The van der Waals surface area contributed by atoms with E-state index < -0.39 is 4.92 Å². The van der Waals surface area contributed by atoms with Crippen molar-refractivity contribution in [1.82, 2.24) is 0 Å². The number of anilines is 1. The van der Waals surface area contributed by atoms with Crippen molar-refractivity contribution in [3.05, 3.63) is 61.6 Å². The van der Waals surface area contributed by atoms with Crippen molar-refractivity contribution in [3.63, 3.8) is 0 Å². The molecule has 0 radical (unpaired) electrons. The first-order valence-corrected chi connectivity index (χ1v) is 7.18. The molecule has 2 rings (SSSR count). The normalized spacial score (nSPS) is 10.2. The van der Waals surface area contributed by atoms with Gasteiger partial charge in [0.15, 0.2) is 5.75 Å². The lowest BCUT2D eigenvalue weighted by atomic mass is 10.2. The van der Waals surface area contributed by atoms with Crippen LogP contribution in [0.4, 0.5) is 11.4 Å². The first-order valence-electron chi connectivity index (χ1n) is 6.01. The number of nitrogens with one attached hydrogen (secondary N) is 1. The second kappa shape index (κ2) is 6.78. The van der Waals surface area contributed by atoms with Crippen molar-refractivity contribution in [1.29, 1.82) is 0 Å². The molecule has 7 heteroatoms. The van der Waals surface area contributed by atoms with E-state index in [0.717, 1.165) is 15.7 Å². The van der Waals surface area contributed by atoms with Crippen molar-refractivity contribution in [2.45, 2.75) is 6.54 Å². The van der Waals surface area contributed by atoms with Crippen molar-refractivity contribution < 1.29 is 9.66 Å². The second-order valence-corrected chi connectivity index (χ2v) is 5.53. The predicted molar refractivity (Wildman–Crippen MR) is 86.1 cm³/mol. The number of nitrogens with zero attached hydrogens (tertiary/aromatic N) is 1. The van der Waals surface area contributed by atoms with E-state index in [1.165, 1.54) is 13.2 Å². The molecule has 2 aromatic carbocycles. The molecular weight excluding hydrogens is 360 g/mol. The van der Waals surface area contributed by atoms with E-state index in [-0.39, 0.29) is 11.4 Å². The summed E-state index contributed by atoms with van der Waals surface area (Å²) < 4.78 is 5.84. The summed E-state index contributed by atoms with van der Waals surface area (Å²) in [5, 5.41) is 14.8. The molecule has 21 heavy (non-hydrogen) atoms. The summed E-state index contributed by atoms with van der Waals surface area (Å²) >= 11 is 9.35. The average molecular weight is 372 g/mol. The van der Waals surface area contributed by atoms with Crippen LogP contribution >= 0.6 is 27.5 Å². The predicted octanol–water partition coefficient (Wildman–Crippen LogP) is 4.63. The molecule has 0 saturated carbocycles. The van der Waals surface area contributed by atoms with Crippen LogP contribution < -0.4 is 10.1 Å². The highest BCUT2D eigenvalue weighted by Gasteiger charge is 2.15. The summed E-state index contributed by atoms with van der Waals surface area (Å²) in [7, 11) is 1.41. The third-order valence-corrected chi connectivity index (χ3v) is 3.78. The van der Waals surface area contributed by atoms with Crippen LogP contribution in [0, 0.1) is 10.1 Å². The lowest BCUT2D eigenvalue weighted by Gasteiger charge is -2.10. The van der Waals surface area contributed by atoms with Crippen LogP contribution in [0.3, 0.4) is 0 Å². The molecule has 0 aliphatic heterocycles. The number of rotatable bonds is 5. The molecule has 0 amide bonds. The number of ether oxygens (including phenoxy) is 1. The van der Waals surface area contributed by atoms with Crippen LogP contribution in [0.15, 0.2) is 40.9 Å². The third-order valence-electron chi connectivity index (χ3n) is 2.85. The van der Waals surface area contributed by atoms with Gasteiger partial charge in [0.25, 0.3) is 0 Å². The fraction of sp³-hybridized carbons (Fsp3) is 0.143. The van der Waals surface area contributed by atoms with E-state index in [4.69, 9.17) is 16.3 Å². The van der Waals surface area contributed by atoms with Gasteiger partial charge in [-0.2, -0.15) is 0 Å². The van der Waals surface area contributed by atoms with Crippen LogP contribution in [-0.4, -0.2) is 12.0 Å². The largest absolute Gasteiger partial charge is 0.490 e. The van der Waals surface area contributed by atoms with Crippen LogP contribution in [0.5, 0.6) is 5.75 Å². The van der Waals surface area contributed by atoms with Gasteiger partial charge in [-0.3, -0.25) is 10.1 Å². The maximum absolute atomic E-state index is 11.0. The molecule has 0 fully saturated rings. The molecule has 0 heterocycles. The summed E-state index contributed by atoms with van der Waals surface area (Å²) in [6, 6.07) is 10.2. The summed E-state index contributed by atoms with van der Waals surface area (Å²) in [5.41, 5.74) is 1.54. The zero-order valence-corrected chi connectivity index (χ0v) is 13.4. The number of halogens is 2. The Balaban J connectivity index is 2.18. The van der Waals surface area contributed by atoms with E-state index in [0.29, 0.717) is 11.6 Å². The van der Waals surface area contributed by atoms with Crippen molar-refractivity contribution in [3.8, 4) is 5.75 Å². The number of hydrogen-bond donors (Lipinski definition) is 1. The SMILES string of the molecule is COc1ccc(CNc2cc(Cl)ccc2Br)cc1[N+](=O)[O-]. The lowest BCUT2D eigenvalue weighted by molar-refractivity contribution is -0.385. The third kappa shape index (κ3) is 3.86. The Labute approximate surface area is 135 Å². The van der Waals surface area contributed by atoms with Gasteiger partial charge in [-0.1, -0.05) is 17.7 Å². The Morgan fingerprint density at radius 3 is 2.76 bits per heavy atom. The van der Waals surface area contributed by atoms with Crippen molar-refractivity contribution >= 4 is 38.9 Å². The van der Waals surface area contributed by atoms with Crippen LogP contribution in [0.1, 0.15) is 5.56 Å². The van der Waals surface area contributed by atoms with Gasteiger partial charge in [0, 0.05) is 22.1 Å². The monoisotopic (exact) mass is 370 g/mol. The topological polar surface area (TPSA) is 64.4 Å². The smallest absolute Gasteiger partial charge is 0.311 e. The number of hydrogen-bond acceptors (Lipinski definition) is 4. The Hall–Kier alpha value is -1.79. The van der Waals surface area contributed by atoms with E-state index in [1.807, 2.05) is 6.07 Å². The highest BCUT2D eigenvalue weighted by atomic mass is 79.9. The van der Waals surface area contributed by atoms with Crippen LogP contribution in [0.2, 0.25) is 5.02 Å². The van der Waals surface area contributed by atoms with E-state index in [1.54, 1.807) is 24.3 Å². The zero-order valence-electron chi connectivity index (χ0n) is 11.1. The van der Waals surface area contributed by atoms with Gasteiger partial charge in [-0.15, -0.1) is 0 Å². The second-order valence-electron chi connectivity index (χ2n) is 4.24. The van der Waals surface area contributed by atoms with E-state index in [9.17, 15) is 10.1 Å². The summed E-state index contributed by atoms with van der Waals surface area (Å²) in [6.45, 7) is 0.434. The molecule has 2 aromatic rings. The minimum atomic E-state index is -0.461. The molecule has 0 atom stereocenters. The quantitative estimate of drug-likeness (QED) is 0.614. The molecule has 5 nitrogen and oxygen atoms in total. The maximum Gasteiger partial charge on any atom is 0.311 e. The Kier molecular flexibility index (Phi) is 5.03. The molecule has 0 unspecified atom stereocenters. The highest BCUT2D eigenvalue weighted by Crippen LogP contribution is 2.29. The molecular formula is C14H12BrClN2O3. The molecule has 0 saturated heterocycles. The fourth-order valence-corrected chi connectivity index (χ4v) is 2.38. The molecule has 0 aliphatic carbocycles. The van der Waals surface area contributed by atoms with Crippen LogP contribution in [-0.2, 0) is 6.54 Å². The Morgan fingerprint density at radius 1 is 1.33 bits per heavy atom. The molecule has 0 aromatic heterocycles. The van der Waals surface area contributed by atoms with Crippen LogP contribution in [0.25, 0.3) is 0 Å². The Morgan fingerprint density at radius 2 is 2.10 bits per heavy atom. The molecule has 110 valence electrons. The summed E-state index contributed by atoms with van der Waals surface area (Å²) in [4.78, 5) is 10.5. The Bertz CT molecular complexity index is 679. The summed E-state index contributed by atoms with van der Waals surface area (Å²) in [6.07, 6.45) is 0. The fourth-order valence-electron chi connectivity index (χ4n) is 1.82. The minimum Gasteiger partial charge on any atom is -0.490 e. The van der Waals surface area contributed by atoms with Gasteiger partial charge in [-0.25, -0.2) is 0 Å². The van der Waals surface area contributed by atoms with E-state index in [2.05, 4.69) is 21.2 Å². The number of benzene rings is 2. The van der Waals surface area contributed by atoms with E-state index >= 15 is 0 Å². The molecule has 0 spiro atoms. The van der Waals surface area contributed by atoms with Gasteiger partial charge >= 0.3 is 5.69 Å². The first kappa shape index (κ1) is 15.6. The van der Waals surface area contributed by atoms with Gasteiger partial charge in [0.05, 0.1) is 17.7 Å². The first-order chi connectivity index (χ1) is 10.0. The number of nitro benzene ring substituents is 1. The van der Waals surface area contributed by atoms with Gasteiger partial charge in [-0.05, 0) is 45.8 Å². The van der Waals surface area contributed by atoms with Crippen molar-refractivity contribution in [2.75, 3.05) is 12.4 Å². The van der Waals surface area contributed by atoms with Gasteiger partial charge < -0.3 is 10.1 Å². The average Bonchev–Trinajstić information content (AvgIpc) is 2.47.